The molecule has 1 unspecified atom stereocenters. The van der Waals surface area contributed by atoms with Crippen LogP contribution in [0.15, 0.2) is 22.8 Å². The number of hydrogen-bond donors (Lipinski definition) is 1. The molecule has 2 aliphatic rings. The van der Waals surface area contributed by atoms with Gasteiger partial charge in [-0.25, -0.2) is 0 Å². The molecule has 1 N–H and O–H groups in total. The lowest BCUT2D eigenvalue weighted by Gasteiger charge is -2.31. The van der Waals surface area contributed by atoms with Gasteiger partial charge in [-0.2, -0.15) is 0 Å². The predicted molar refractivity (Wildman–Crippen MR) is 91.5 cm³/mol. The van der Waals surface area contributed by atoms with Crippen molar-refractivity contribution in [3.05, 3.63) is 35.8 Å². The molecule has 1 saturated heterocycles. The van der Waals surface area contributed by atoms with Gasteiger partial charge in [0.25, 0.3) is 0 Å². The largest absolute Gasteiger partial charge is 0.468 e. The number of carbonyl (C=O) groups is 1. The molecule has 134 valence electrons. The van der Waals surface area contributed by atoms with Crippen molar-refractivity contribution in [2.75, 3.05) is 13.1 Å². The third-order valence-electron chi connectivity index (χ3n) is 5.19. The molecule has 4 rings (SSSR count). The van der Waals surface area contributed by atoms with Crippen LogP contribution in [0, 0.1) is 5.92 Å². The molecule has 0 bridgehead atoms. The Hall–Kier alpha value is -2.15. The van der Waals surface area contributed by atoms with Crippen LogP contribution >= 0.6 is 0 Å². The first kappa shape index (κ1) is 16.3. The average molecular weight is 343 g/mol. The zero-order chi connectivity index (χ0) is 17.1. The van der Waals surface area contributed by atoms with Crippen LogP contribution in [0.25, 0.3) is 0 Å². The Morgan fingerprint density at radius 3 is 3.12 bits per heavy atom. The smallest absolute Gasteiger partial charge is 0.224 e. The molecule has 1 amide bonds. The number of likely N-dealkylation sites (tertiary alicyclic amines) is 1. The second kappa shape index (κ2) is 7.39. The van der Waals surface area contributed by atoms with Crippen molar-refractivity contribution in [3.63, 3.8) is 0 Å². The lowest BCUT2D eigenvalue weighted by molar-refractivity contribution is -0.127. The van der Waals surface area contributed by atoms with E-state index in [1.807, 2.05) is 12.1 Å². The van der Waals surface area contributed by atoms with Crippen molar-refractivity contribution in [2.45, 2.75) is 51.7 Å². The van der Waals surface area contributed by atoms with Crippen LogP contribution < -0.4 is 5.32 Å². The molecule has 0 saturated carbocycles. The van der Waals surface area contributed by atoms with E-state index in [0.29, 0.717) is 6.54 Å². The lowest BCUT2D eigenvalue weighted by Crippen LogP contribution is -2.42. The molecule has 1 fully saturated rings. The van der Waals surface area contributed by atoms with Crippen LogP contribution in [0.1, 0.15) is 43.1 Å². The van der Waals surface area contributed by atoms with Gasteiger partial charge in [-0.15, -0.1) is 10.2 Å². The Morgan fingerprint density at radius 1 is 1.28 bits per heavy atom. The van der Waals surface area contributed by atoms with E-state index in [4.69, 9.17) is 4.42 Å². The molecule has 7 heteroatoms. The summed E-state index contributed by atoms with van der Waals surface area (Å²) in [5.41, 5.74) is 0. The third-order valence-corrected chi connectivity index (χ3v) is 5.19. The van der Waals surface area contributed by atoms with Gasteiger partial charge >= 0.3 is 0 Å². The van der Waals surface area contributed by atoms with Crippen LogP contribution in [0.2, 0.25) is 0 Å². The second-order valence-electron chi connectivity index (χ2n) is 7.01. The Labute approximate surface area is 147 Å². The fourth-order valence-electron chi connectivity index (χ4n) is 3.85. The molecule has 25 heavy (non-hydrogen) atoms. The highest BCUT2D eigenvalue weighted by atomic mass is 16.3. The standard InChI is InChI=1S/C18H25N5O2/c24-18(19-11-17-21-20-16-7-1-2-9-23(16)17)14-5-3-8-22(12-14)13-15-6-4-10-25-15/h4,6,10,14H,1-3,5,7-9,11-13H2,(H,19,24). The van der Waals surface area contributed by atoms with Crippen LogP contribution in [0.4, 0.5) is 0 Å². The van der Waals surface area contributed by atoms with Crippen molar-refractivity contribution in [2.24, 2.45) is 5.92 Å². The van der Waals surface area contributed by atoms with Gasteiger partial charge in [0.2, 0.25) is 5.91 Å². The normalized spacial score (nSPS) is 21.0. The minimum absolute atomic E-state index is 0.0347. The zero-order valence-electron chi connectivity index (χ0n) is 14.5. The Balaban J connectivity index is 1.31. The van der Waals surface area contributed by atoms with Gasteiger partial charge in [0.05, 0.1) is 25.3 Å². The van der Waals surface area contributed by atoms with E-state index in [2.05, 4.69) is 25.0 Å². The van der Waals surface area contributed by atoms with Crippen LogP contribution in [0.3, 0.4) is 0 Å². The van der Waals surface area contributed by atoms with Gasteiger partial charge in [0.1, 0.15) is 11.6 Å². The molecule has 0 aliphatic carbocycles. The van der Waals surface area contributed by atoms with Gasteiger partial charge in [-0.1, -0.05) is 0 Å². The highest BCUT2D eigenvalue weighted by molar-refractivity contribution is 5.78. The Morgan fingerprint density at radius 2 is 2.24 bits per heavy atom. The van der Waals surface area contributed by atoms with Gasteiger partial charge in [0.15, 0.2) is 5.82 Å². The number of furan rings is 1. The van der Waals surface area contributed by atoms with Gasteiger partial charge in [0, 0.05) is 19.5 Å². The first-order chi connectivity index (χ1) is 12.3. The highest BCUT2D eigenvalue weighted by Crippen LogP contribution is 2.19. The number of aryl methyl sites for hydroxylation is 1. The average Bonchev–Trinajstić information content (AvgIpc) is 3.30. The molecule has 2 aromatic rings. The van der Waals surface area contributed by atoms with Gasteiger partial charge in [-0.05, 0) is 44.4 Å². The molecular weight excluding hydrogens is 318 g/mol. The fraction of sp³-hybridized carbons (Fsp3) is 0.611. The number of nitrogens with zero attached hydrogens (tertiary/aromatic N) is 4. The molecule has 4 heterocycles. The van der Waals surface area contributed by atoms with Gasteiger partial charge < -0.3 is 14.3 Å². The molecular formula is C18H25N5O2. The number of rotatable bonds is 5. The van der Waals surface area contributed by atoms with E-state index in [9.17, 15) is 4.79 Å². The zero-order valence-corrected chi connectivity index (χ0v) is 14.5. The molecule has 7 nitrogen and oxygen atoms in total. The first-order valence-electron chi connectivity index (χ1n) is 9.23. The number of amides is 1. The highest BCUT2D eigenvalue weighted by Gasteiger charge is 2.26. The van der Waals surface area contributed by atoms with Gasteiger partial charge in [-0.3, -0.25) is 9.69 Å². The topological polar surface area (TPSA) is 76.2 Å². The fourth-order valence-corrected chi connectivity index (χ4v) is 3.85. The van der Waals surface area contributed by atoms with E-state index in [-0.39, 0.29) is 11.8 Å². The molecule has 2 aliphatic heterocycles. The lowest BCUT2D eigenvalue weighted by atomic mass is 9.97. The van der Waals surface area contributed by atoms with Crippen molar-refractivity contribution < 1.29 is 9.21 Å². The summed E-state index contributed by atoms with van der Waals surface area (Å²) in [5, 5.41) is 11.6. The third kappa shape index (κ3) is 3.76. The van der Waals surface area contributed by atoms with Crippen molar-refractivity contribution in [3.8, 4) is 0 Å². The van der Waals surface area contributed by atoms with E-state index >= 15 is 0 Å². The van der Waals surface area contributed by atoms with Crippen molar-refractivity contribution in [1.82, 2.24) is 25.0 Å². The van der Waals surface area contributed by atoms with E-state index in [0.717, 1.165) is 69.3 Å². The summed E-state index contributed by atoms with van der Waals surface area (Å²) in [7, 11) is 0. The van der Waals surface area contributed by atoms with Crippen molar-refractivity contribution in [1.29, 1.82) is 0 Å². The Kier molecular flexibility index (Phi) is 4.83. The van der Waals surface area contributed by atoms with E-state index < -0.39 is 0 Å². The van der Waals surface area contributed by atoms with Crippen LogP contribution in [-0.2, 0) is 30.8 Å². The monoisotopic (exact) mass is 343 g/mol. The minimum atomic E-state index is 0.0347. The van der Waals surface area contributed by atoms with E-state index in [1.54, 1.807) is 6.26 Å². The summed E-state index contributed by atoms with van der Waals surface area (Å²) >= 11 is 0. The summed E-state index contributed by atoms with van der Waals surface area (Å²) in [6.07, 6.45) is 7.01. The Bertz CT molecular complexity index is 709. The van der Waals surface area contributed by atoms with E-state index in [1.165, 1.54) is 6.42 Å². The summed E-state index contributed by atoms with van der Waals surface area (Å²) in [6, 6.07) is 3.89. The summed E-state index contributed by atoms with van der Waals surface area (Å²) in [5.74, 6) is 3.05. The number of piperidine rings is 1. The van der Waals surface area contributed by atoms with Crippen LogP contribution in [-0.4, -0.2) is 38.7 Å². The van der Waals surface area contributed by atoms with Crippen LogP contribution in [0.5, 0.6) is 0 Å². The maximum absolute atomic E-state index is 12.6. The second-order valence-corrected chi connectivity index (χ2v) is 7.01. The first-order valence-corrected chi connectivity index (χ1v) is 9.23. The summed E-state index contributed by atoms with van der Waals surface area (Å²) in [4.78, 5) is 14.9. The molecule has 0 radical (unpaired) electrons. The number of hydrogen-bond acceptors (Lipinski definition) is 5. The molecule has 2 aromatic heterocycles. The maximum atomic E-state index is 12.6. The maximum Gasteiger partial charge on any atom is 0.224 e. The molecule has 0 spiro atoms. The SMILES string of the molecule is O=C(NCc1nnc2n1CCCC2)C1CCCN(Cc2ccco2)C1. The number of aromatic nitrogens is 3. The molecule has 1 atom stereocenters. The summed E-state index contributed by atoms with van der Waals surface area (Å²) in [6.45, 7) is 4.01. The predicted octanol–water partition coefficient (Wildman–Crippen LogP) is 1.74. The number of nitrogens with one attached hydrogen (secondary N) is 1. The minimum Gasteiger partial charge on any atom is -0.468 e. The van der Waals surface area contributed by atoms with Crippen molar-refractivity contribution >= 4 is 5.91 Å². The summed E-state index contributed by atoms with van der Waals surface area (Å²) < 4.78 is 7.58. The number of carbonyl (C=O) groups excluding carboxylic acids is 1. The quantitative estimate of drug-likeness (QED) is 0.895. The number of fused-ring (bicyclic) bond motifs is 1. The molecule has 0 aromatic carbocycles.